The summed E-state index contributed by atoms with van der Waals surface area (Å²) in [6, 6.07) is 2.44. The summed E-state index contributed by atoms with van der Waals surface area (Å²) in [6.07, 6.45) is 3.54. The number of aryl methyl sites for hydroxylation is 1. The van der Waals surface area contributed by atoms with Crippen molar-refractivity contribution in [3.05, 3.63) is 46.5 Å². The molecule has 2 fully saturated rings. The molecule has 2 heterocycles. The highest BCUT2D eigenvalue weighted by Crippen LogP contribution is 2.32. The summed E-state index contributed by atoms with van der Waals surface area (Å²) in [4.78, 5) is 44.2. The van der Waals surface area contributed by atoms with Gasteiger partial charge in [-0.15, -0.1) is 0 Å². The maximum Gasteiger partial charge on any atom is 0.276 e. The Labute approximate surface area is 270 Å². The third-order valence-electron chi connectivity index (χ3n) is 9.51. The Kier molecular flexibility index (Phi) is 12.1. The summed E-state index contributed by atoms with van der Waals surface area (Å²) in [5, 5.41) is 10.3. The Hall–Kier alpha value is -3.23. The van der Waals surface area contributed by atoms with Gasteiger partial charge in [0, 0.05) is 38.5 Å². The molecule has 3 atom stereocenters. The van der Waals surface area contributed by atoms with E-state index in [0.29, 0.717) is 49.8 Å². The lowest BCUT2D eigenvalue weighted by molar-refractivity contribution is -0.135. The highest BCUT2D eigenvalue weighted by molar-refractivity contribution is 7.89. The first-order valence-electron chi connectivity index (χ1n) is 16.2. The van der Waals surface area contributed by atoms with E-state index >= 15 is 4.39 Å². The van der Waals surface area contributed by atoms with Crippen molar-refractivity contribution >= 4 is 27.6 Å². The van der Waals surface area contributed by atoms with Crippen molar-refractivity contribution in [2.75, 3.05) is 39.0 Å². The number of hydrogen-bond donors (Lipinski definition) is 2. The number of amides is 2. The first-order chi connectivity index (χ1) is 21.8. The lowest BCUT2D eigenvalue weighted by Gasteiger charge is -2.36. The average Bonchev–Trinajstić information content (AvgIpc) is 3.53. The van der Waals surface area contributed by atoms with E-state index in [-0.39, 0.29) is 41.0 Å². The molecule has 1 aliphatic carbocycles. The maximum absolute atomic E-state index is 15.7. The Bertz CT molecular complexity index is 1480. The average molecular weight is 663 g/mol. The van der Waals surface area contributed by atoms with Crippen LogP contribution in [0.3, 0.4) is 0 Å². The Morgan fingerprint density at radius 3 is 2.35 bits per heavy atom. The van der Waals surface area contributed by atoms with Gasteiger partial charge in [-0.2, -0.15) is 0 Å². The van der Waals surface area contributed by atoms with Crippen LogP contribution in [0.15, 0.2) is 22.8 Å². The van der Waals surface area contributed by atoms with Gasteiger partial charge in [-0.05, 0) is 67.4 Å². The van der Waals surface area contributed by atoms with Gasteiger partial charge >= 0.3 is 0 Å². The van der Waals surface area contributed by atoms with Crippen molar-refractivity contribution in [3.63, 3.8) is 0 Å². The number of Topliss-reactive ketones (excluding diaryl/α,β-unsaturated/α-hetero) is 1. The number of carbonyl (C=O) groups excluding carboxylic acids is 3. The van der Waals surface area contributed by atoms with E-state index in [4.69, 9.17) is 4.63 Å². The van der Waals surface area contributed by atoms with Gasteiger partial charge in [0.15, 0.2) is 11.5 Å². The zero-order valence-corrected chi connectivity index (χ0v) is 28.2. The molecule has 4 rings (SSSR count). The lowest BCUT2D eigenvalue weighted by Crippen LogP contribution is -2.55. The quantitative estimate of drug-likeness (QED) is 0.330. The molecule has 2 N–H and O–H groups in total. The van der Waals surface area contributed by atoms with E-state index in [1.54, 1.807) is 17.9 Å². The van der Waals surface area contributed by atoms with Crippen LogP contribution in [0.1, 0.15) is 86.6 Å². The molecule has 0 radical (unpaired) electrons. The number of ketones is 1. The van der Waals surface area contributed by atoms with Gasteiger partial charge in [0.05, 0.1) is 11.8 Å². The Balaban J connectivity index is 1.54. The smallest absolute Gasteiger partial charge is 0.276 e. The number of halogens is 1. The lowest BCUT2D eigenvalue weighted by atomic mass is 9.77. The predicted octanol–water partition coefficient (Wildman–Crippen LogP) is 2.69. The molecule has 1 saturated heterocycles. The minimum Gasteiger partial charge on any atom is -0.340 e. The first kappa shape index (κ1) is 35.6. The molecule has 0 bridgehead atoms. The molecule has 46 heavy (non-hydrogen) atoms. The number of nitrogens with zero attached hydrogens (tertiary/aromatic N) is 4. The van der Waals surface area contributed by atoms with Crippen LogP contribution < -0.4 is 10.0 Å². The third kappa shape index (κ3) is 8.77. The molecular weight excluding hydrogens is 615 g/mol. The van der Waals surface area contributed by atoms with E-state index in [9.17, 15) is 22.8 Å². The van der Waals surface area contributed by atoms with Crippen LogP contribution >= 0.6 is 0 Å². The summed E-state index contributed by atoms with van der Waals surface area (Å²) >= 11 is 0. The fraction of sp³-hybridized carbons (Fsp3) is 0.656. The molecule has 1 aromatic heterocycles. The number of piperazine rings is 1. The van der Waals surface area contributed by atoms with Crippen molar-refractivity contribution < 1.29 is 31.8 Å². The van der Waals surface area contributed by atoms with E-state index in [1.807, 2.05) is 14.0 Å². The van der Waals surface area contributed by atoms with E-state index < -0.39 is 39.7 Å². The number of sulfonamides is 1. The molecule has 12 nitrogen and oxygen atoms in total. The number of hydrogen-bond acceptors (Lipinski definition) is 9. The molecular formula is C32H47FN6O6S. The summed E-state index contributed by atoms with van der Waals surface area (Å²) in [7, 11) is -1.79. The summed E-state index contributed by atoms with van der Waals surface area (Å²) < 4.78 is 48.1. The topological polar surface area (TPSA) is 155 Å². The number of carbonyl (C=O) groups is 3. The molecule has 0 unspecified atom stereocenters. The zero-order valence-electron chi connectivity index (χ0n) is 27.4. The van der Waals surface area contributed by atoms with E-state index in [0.717, 1.165) is 25.7 Å². The molecule has 2 aliphatic rings. The van der Waals surface area contributed by atoms with Gasteiger partial charge < -0.3 is 15.1 Å². The number of likely N-dealkylation sites (N-methyl/N-ethyl adjacent to an activating group) is 1. The summed E-state index contributed by atoms with van der Waals surface area (Å²) in [5.74, 6) is -2.34. The van der Waals surface area contributed by atoms with Crippen molar-refractivity contribution in [1.82, 2.24) is 30.2 Å². The molecule has 1 aromatic carbocycles. The number of rotatable bonds is 13. The van der Waals surface area contributed by atoms with Gasteiger partial charge in [-0.25, -0.2) is 22.2 Å². The molecule has 254 valence electrons. The van der Waals surface area contributed by atoms with E-state index in [1.165, 1.54) is 19.1 Å². The monoisotopic (exact) mass is 662 g/mol. The third-order valence-corrected chi connectivity index (χ3v) is 10.9. The molecule has 2 aromatic rings. The summed E-state index contributed by atoms with van der Waals surface area (Å²) in [5.41, 5.74) is 1.00. The predicted molar refractivity (Wildman–Crippen MR) is 170 cm³/mol. The number of nitrogens with one attached hydrogen (secondary N) is 2. The SMILES string of the molecule is CCc1nonc1C(=O)N[C@H](C(=O)Cc1ccc([C@H](C)[C@@H](NS(=O)(=O)CC)C(=O)N2CCN(C)CC2)cc1F)C1CCC(C)CC1. The molecule has 1 saturated carbocycles. The normalized spacial score (nSPS) is 21.4. The molecule has 0 spiro atoms. The van der Waals surface area contributed by atoms with Crippen molar-refractivity contribution in [2.45, 2.75) is 84.2 Å². The van der Waals surface area contributed by atoms with Crippen molar-refractivity contribution in [1.29, 1.82) is 0 Å². The second-order valence-corrected chi connectivity index (χ2v) is 14.8. The van der Waals surface area contributed by atoms with Crippen LogP contribution in [0, 0.1) is 17.7 Å². The second kappa shape index (κ2) is 15.6. The van der Waals surface area contributed by atoms with Crippen LogP contribution in [0.2, 0.25) is 0 Å². The maximum atomic E-state index is 15.7. The molecule has 1 aliphatic heterocycles. The van der Waals surface area contributed by atoms with Gasteiger partial charge in [-0.3, -0.25) is 14.4 Å². The van der Waals surface area contributed by atoms with Crippen LogP contribution in [0.4, 0.5) is 4.39 Å². The summed E-state index contributed by atoms with van der Waals surface area (Å²) in [6.45, 7) is 9.42. The van der Waals surface area contributed by atoms with E-state index in [2.05, 4.69) is 32.2 Å². The molecule has 14 heteroatoms. The standard InChI is InChI=1S/C32H47FN6O6S/c1-6-26-30(36-45-35-26)31(41)34-29(22-10-8-20(3)9-11-22)27(40)19-24-13-12-23(18-25(24)33)21(4)28(37-46(43,44)7-2)32(42)39-16-14-38(5)15-17-39/h12-13,18,20-22,28-29,37H,6-11,14-17,19H2,1-5H3,(H,34,41)/t20?,21-,22?,28+,29-/m0/s1. The van der Waals surface area contributed by atoms with Crippen LogP contribution in [-0.2, 0) is 32.5 Å². The Morgan fingerprint density at radius 2 is 1.74 bits per heavy atom. The minimum absolute atomic E-state index is 0.0355. The fourth-order valence-corrected chi connectivity index (χ4v) is 7.11. The van der Waals surface area contributed by atoms with Crippen LogP contribution in [0.25, 0.3) is 0 Å². The highest BCUT2D eigenvalue weighted by atomic mass is 32.2. The second-order valence-electron chi connectivity index (χ2n) is 12.8. The van der Waals surface area contributed by atoms with Crippen molar-refractivity contribution in [2.24, 2.45) is 11.8 Å². The highest BCUT2D eigenvalue weighted by Gasteiger charge is 2.36. The Morgan fingerprint density at radius 1 is 1.07 bits per heavy atom. The number of aromatic nitrogens is 2. The fourth-order valence-electron chi connectivity index (χ4n) is 6.25. The van der Waals surface area contributed by atoms with Crippen LogP contribution in [-0.4, -0.2) is 97.2 Å². The largest absolute Gasteiger partial charge is 0.340 e. The zero-order chi connectivity index (χ0) is 33.6. The molecule has 2 amide bonds. The van der Waals surface area contributed by atoms with Crippen LogP contribution in [0.5, 0.6) is 0 Å². The van der Waals surface area contributed by atoms with Gasteiger partial charge in [0.2, 0.25) is 15.9 Å². The first-order valence-corrected chi connectivity index (χ1v) is 17.9. The minimum atomic E-state index is -3.75. The number of benzene rings is 1. The van der Waals surface area contributed by atoms with Gasteiger partial charge in [-0.1, -0.05) is 50.9 Å². The van der Waals surface area contributed by atoms with Gasteiger partial charge in [0.25, 0.3) is 5.91 Å². The van der Waals surface area contributed by atoms with Gasteiger partial charge in [0.1, 0.15) is 17.6 Å². The van der Waals surface area contributed by atoms with Crippen molar-refractivity contribution in [3.8, 4) is 0 Å².